The van der Waals surface area contributed by atoms with Crippen LogP contribution < -0.4 is 4.90 Å². The van der Waals surface area contributed by atoms with Crippen molar-refractivity contribution in [3.8, 4) is 0 Å². The van der Waals surface area contributed by atoms with E-state index < -0.39 is 17.3 Å². The van der Waals surface area contributed by atoms with Crippen LogP contribution in [0.2, 0.25) is 5.28 Å². The molecular formula is C28H36ClF3N6O. The summed E-state index contributed by atoms with van der Waals surface area (Å²) in [7, 11) is 0. The van der Waals surface area contributed by atoms with Gasteiger partial charge in [-0.05, 0) is 61.9 Å². The summed E-state index contributed by atoms with van der Waals surface area (Å²) in [6.07, 6.45) is 2.55. The van der Waals surface area contributed by atoms with Crippen molar-refractivity contribution in [2.75, 3.05) is 18.0 Å². The second kappa shape index (κ2) is 10.9. The van der Waals surface area contributed by atoms with Gasteiger partial charge in [0.1, 0.15) is 0 Å². The van der Waals surface area contributed by atoms with Gasteiger partial charge >= 0.3 is 6.18 Å². The summed E-state index contributed by atoms with van der Waals surface area (Å²) >= 11 is 6.42. The van der Waals surface area contributed by atoms with Crippen LogP contribution in [0.25, 0.3) is 11.2 Å². The van der Waals surface area contributed by atoms with Gasteiger partial charge in [0.05, 0.1) is 24.0 Å². The largest absolute Gasteiger partial charge is 0.416 e. The van der Waals surface area contributed by atoms with Crippen LogP contribution in [0, 0.1) is 0 Å². The number of rotatable bonds is 7. The van der Waals surface area contributed by atoms with Crippen molar-refractivity contribution in [2.24, 2.45) is 0 Å². The topological polar surface area (TPSA) is 70.3 Å². The molecule has 5 rings (SSSR count). The molecule has 1 aliphatic carbocycles. The third-order valence-electron chi connectivity index (χ3n) is 8.45. The van der Waals surface area contributed by atoms with Crippen LogP contribution in [0.15, 0.2) is 30.6 Å². The first-order valence-corrected chi connectivity index (χ1v) is 14.2. The highest BCUT2D eigenvalue weighted by Gasteiger charge is 2.38. The Morgan fingerprint density at radius 2 is 1.79 bits per heavy atom. The van der Waals surface area contributed by atoms with Crippen molar-refractivity contribution in [1.82, 2.24) is 24.4 Å². The third-order valence-corrected chi connectivity index (χ3v) is 8.62. The fourth-order valence-corrected chi connectivity index (χ4v) is 6.55. The van der Waals surface area contributed by atoms with Crippen LogP contribution in [-0.4, -0.2) is 60.3 Å². The van der Waals surface area contributed by atoms with Gasteiger partial charge in [-0.3, -0.25) is 4.90 Å². The molecule has 0 bridgehead atoms. The number of nitrogens with zero attached hydrogens (tertiary/aromatic N) is 6. The van der Waals surface area contributed by atoms with Crippen molar-refractivity contribution >= 4 is 28.6 Å². The number of imidazole rings is 1. The summed E-state index contributed by atoms with van der Waals surface area (Å²) in [6, 6.07) is 5.78. The van der Waals surface area contributed by atoms with Crippen LogP contribution in [-0.2, 0) is 12.7 Å². The predicted octanol–water partition coefficient (Wildman–Crippen LogP) is 6.24. The molecule has 3 atom stereocenters. The van der Waals surface area contributed by atoms with Crippen LogP contribution in [0.1, 0.15) is 76.5 Å². The maximum Gasteiger partial charge on any atom is 0.416 e. The molecule has 2 aromatic heterocycles. The summed E-state index contributed by atoms with van der Waals surface area (Å²) in [5.41, 5.74) is 0.775. The van der Waals surface area contributed by atoms with Crippen LogP contribution in [0.4, 0.5) is 19.0 Å². The lowest BCUT2D eigenvalue weighted by atomic mass is 9.95. The van der Waals surface area contributed by atoms with Crippen molar-refractivity contribution in [1.29, 1.82) is 0 Å². The molecule has 1 aromatic carbocycles. The molecule has 212 valence electrons. The fraction of sp³-hybridized carbons (Fsp3) is 0.607. The number of hydrogen-bond acceptors (Lipinski definition) is 6. The van der Waals surface area contributed by atoms with Gasteiger partial charge in [-0.25, -0.2) is 4.98 Å². The predicted molar refractivity (Wildman–Crippen MR) is 146 cm³/mol. The van der Waals surface area contributed by atoms with E-state index >= 15 is 0 Å². The minimum atomic E-state index is -4.35. The van der Waals surface area contributed by atoms with Crippen LogP contribution in [0.5, 0.6) is 0 Å². The van der Waals surface area contributed by atoms with Crippen LogP contribution in [0.3, 0.4) is 0 Å². The number of anilines is 1. The molecule has 0 amide bonds. The van der Waals surface area contributed by atoms with Gasteiger partial charge in [-0.15, -0.1) is 0 Å². The Hall–Kier alpha value is -2.43. The number of halogens is 4. The molecule has 1 saturated heterocycles. The number of alkyl halides is 3. The number of hydrogen-bond donors (Lipinski definition) is 1. The molecule has 1 N–H and O–H groups in total. The number of fused-ring (bicyclic) bond motifs is 1. The van der Waals surface area contributed by atoms with Crippen molar-refractivity contribution in [3.63, 3.8) is 0 Å². The molecular weight excluding hydrogens is 529 g/mol. The molecule has 3 heterocycles. The van der Waals surface area contributed by atoms with E-state index in [1.54, 1.807) is 18.5 Å². The minimum absolute atomic E-state index is 0.00204. The van der Waals surface area contributed by atoms with Gasteiger partial charge in [0.25, 0.3) is 0 Å². The number of piperazine rings is 1. The van der Waals surface area contributed by atoms with Crippen molar-refractivity contribution in [2.45, 2.75) is 95.7 Å². The van der Waals surface area contributed by atoms with E-state index in [4.69, 9.17) is 11.6 Å². The smallest absolute Gasteiger partial charge is 0.388 e. The Bertz CT molecular complexity index is 1290. The Balaban J connectivity index is 1.42. The zero-order chi connectivity index (χ0) is 27.9. The zero-order valence-electron chi connectivity index (χ0n) is 22.6. The van der Waals surface area contributed by atoms with Crippen LogP contribution >= 0.6 is 11.6 Å². The highest BCUT2D eigenvalue weighted by atomic mass is 35.5. The molecule has 1 saturated carbocycles. The molecule has 1 aliphatic heterocycles. The van der Waals surface area contributed by atoms with E-state index in [0.29, 0.717) is 36.6 Å². The number of aromatic nitrogens is 4. The molecule has 39 heavy (non-hydrogen) atoms. The van der Waals surface area contributed by atoms with Crippen molar-refractivity contribution < 1.29 is 18.3 Å². The fourth-order valence-electron chi connectivity index (χ4n) is 6.39. The van der Waals surface area contributed by atoms with E-state index in [0.717, 1.165) is 44.1 Å². The Kier molecular flexibility index (Phi) is 7.83. The summed E-state index contributed by atoms with van der Waals surface area (Å²) in [5, 5.41) is 11.1. The SMILES string of the molecule is CCC(c1ccc(C(F)(F)F)cc1)N1C[C@H](C)N(c2nc(Cl)nc3c2ncn3CC2(O)CCCC2)C[C@H]1CC. The first-order chi connectivity index (χ1) is 18.5. The molecule has 7 nitrogen and oxygen atoms in total. The highest BCUT2D eigenvalue weighted by Crippen LogP contribution is 2.37. The third kappa shape index (κ3) is 5.60. The standard InChI is InChI=1S/C28H36ClF3N6O/c1-4-21-15-37(18(3)14-38(21)22(5-2)19-8-10-20(11-9-19)28(30,31)32)25-23-24(34-26(29)35-25)36(17-33-23)16-27(39)12-6-7-13-27/h8-11,17-18,21-22,39H,4-7,12-16H2,1-3H3/t18-,21+,22?/m0/s1. The normalized spacial score (nSPS) is 23.0. The zero-order valence-corrected chi connectivity index (χ0v) is 23.4. The quantitative estimate of drug-likeness (QED) is 0.342. The summed E-state index contributed by atoms with van der Waals surface area (Å²) < 4.78 is 41.3. The van der Waals surface area contributed by atoms with Crippen molar-refractivity contribution in [3.05, 3.63) is 47.0 Å². The molecule has 1 unspecified atom stereocenters. The van der Waals surface area contributed by atoms with E-state index in [1.165, 1.54) is 12.1 Å². The van der Waals surface area contributed by atoms with E-state index in [2.05, 4.69) is 45.5 Å². The molecule has 3 aromatic rings. The second-order valence-electron chi connectivity index (χ2n) is 11.1. The van der Waals surface area contributed by atoms with E-state index in [-0.39, 0.29) is 23.4 Å². The highest BCUT2D eigenvalue weighted by molar-refractivity contribution is 6.28. The first-order valence-electron chi connectivity index (χ1n) is 13.8. The Morgan fingerprint density at radius 1 is 1.10 bits per heavy atom. The Labute approximate surface area is 232 Å². The number of benzene rings is 1. The average molecular weight is 565 g/mol. The van der Waals surface area contributed by atoms with Gasteiger partial charge in [0.15, 0.2) is 17.0 Å². The summed E-state index contributed by atoms with van der Waals surface area (Å²) in [6.45, 7) is 8.13. The van der Waals surface area contributed by atoms with E-state index in [9.17, 15) is 18.3 Å². The molecule has 0 radical (unpaired) electrons. The molecule has 0 spiro atoms. The van der Waals surface area contributed by atoms with Gasteiger partial charge < -0.3 is 14.6 Å². The minimum Gasteiger partial charge on any atom is -0.388 e. The molecule has 2 aliphatic rings. The molecule has 2 fully saturated rings. The van der Waals surface area contributed by atoms with Gasteiger partial charge in [0, 0.05) is 31.2 Å². The maximum atomic E-state index is 13.1. The Morgan fingerprint density at radius 3 is 2.41 bits per heavy atom. The monoisotopic (exact) mass is 564 g/mol. The summed E-state index contributed by atoms with van der Waals surface area (Å²) in [4.78, 5) is 18.4. The van der Waals surface area contributed by atoms with Gasteiger partial charge in [0.2, 0.25) is 5.28 Å². The lowest BCUT2D eigenvalue weighted by molar-refractivity contribution is -0.137. The summed E-state index contributed by atoms with van der Waals surface area (Å²) in [5.74, 6) is 0.676. The number of aliphatic hydroxyl groups is 1. The lowest BCUT2D eigenvalue weighted by Crippen LogP contribution is -2.58. The molecule has 11 heteroatoms. The average Bonchev–Trinajstić information content (AvgIpc) is 3.50. The first kappa shape index (κ1) is 28.1. The van der Waals surface area contributed by atoms with Gasteiger partial charge in [-0.2, -0.15) is 23.1 Å². The van der Waals surface area contributed by atoms with Gasteiger partial charge in [-0.1, -0.05) is 38.8 Å². The lowest BCUT2D eigenvalue weighted by Gasteiger charge is -2.48. The second-order valence-corrected chi connectivity index (χ2v) is 11.4. The van der Waals surface area contributed by atoms with E-state index in [1.807, 2.05) is 4.57 Å². The maximum absolute atomic E-state index is 13.1.